The first-order valence-electron chi connectivity index (χ1n) is 12.1. The van der Waals surface area contributed by atoms with Crippen LogP contribution in [0, 0.1) is 5.92 Å². The highest BCUT2D eigenvalue weighted by molar-refractivity contribution is 6.01. The number of ether oxygens (including phenoxy) is 2. The van der Waals surface area contributed by atoms with Gasteiger partial charge in [-0.1, -0.05) is 12.1 Å². The fourth-order valence-corrected chi connectivity index (χ4v) is 5.23. The third kappa shape index (κ3) is 4.40. The highest BCUT2D eigenvalue weighted by Gasteiger charge is 2.45. The van der Waals surface area contributed by atoms with Crippen LogP contribution in [0.2, 0.25) is 0 Å². The van der Waals surface area contributed by atoms with Crippen LogP contribution in [-0.4, -0.2) is 60.3 Å². The van der Waals surface area contributed by atoms with Gasteiger partial charge < -0.3 is 19.3 Å². The maximum atomic E-state index is 13.3. The quantitative estimate of drug-likeness (QED) is 0.629. The number of amides is 2. The van der Waals surface area contributed by atoms with Crippen molar-refractivity contribution < 1.29 is 28.7 Å². The molecule has 1 unspecified atom stereocenters. The van der Waals surface area contributed by atoms with Crippen LogP contribution in [0.4, 0.5) is 5.69 Å². The molecular formula is C27H28N2O6. The minimum absolute atomic E-state index is 0.0404. The molecule has 35 heavy (non-hydrogen) atoms. The van der Waals surface area contributed by atoms with Gasteiger partial charge >= 0.3 is 5.97 Å². The van der Waals surface area contributed by atoms with E-state index in [9.17, 15) is 19.2 Å². The molecule has 5 rings (SSSR count). The number of rotatable bonds is 4. The van der Waals surface area contributed by atoms with Crippen molar-refractivity contribution in [3.63, 3.8) is 0 Å². The van der Waals surface area contributed by atoms with Gasteiger partial charge in [-0.3, -0.25) is 14.4 Å². The van der Waals surface area contributed by atoms with E-state index in [2.05, 4.69) is 0 Å². The Kier molecular flexibility index (Phi) is 6.05. The number of likely N-dealkylation sites (tertiary alicyclic amines) is 1. The number of hydrogen-bond acceptors (Lipinski definition) is 6. The van der Waals surface area contributed by atoms with Crippen molar-refractivity contribution in [3.05, 3.63) is 59.7 Å². The van der Waals surface area contributed by atoms with Crippen molar-refractivity contribution in [3.8, 4) is 5.75 Å². The summed E-state index contributed by atoms with van der Waals surface area (Å²) in [7, 11) is 0. The minimum atomic E-state index is -0.569. The van der Waals surface area contributed by atoms with Gasteiger partial charge in [0, 0.05) is 44.6 Å². The number of fused-ring (bicyclic) bond motifs is 1. The Morgan fingerprint density at radius 2 is 1.77 bits per heavy atom. The number of carbonyl (C=O) groups is 4. The lowest BCUT2D eigenvalue weighted by Gasteiger charge is -2.44. The summed E-state index contributed by atoms with van der Waals surface area (Å²) in [5.41, 5.74) is 1.13. The molecule has 8 nitrogen and oxygen atoms in total. The number of para-hydroxylation sites is 1. The molecule has 0 radical (unpaired) electrons. The first-order valence-corrected chi connectivity index (χ1v) is 12.1. The van der Waals surface area contributed by atoms with Gasteiger partial charge in [-0.15, -0.1) is 0 Å². The van der Waals surface area contributed by atoms with Gasteiger partial charge in [0.1, 0.15) is 11.4 Å². The van der Waals surface area contributed by atoms with E-state index in [0.29, 0.717) is 68.1 Å². The molecule has 2 fully saturated rings. The molecule has 2 saturated heterocycles. The van der Waals surface area contributed by atoms with Gasteiger partial charge in [0.15, 0.2) is 5.78 Å². The van der Waals surface area contributed by atoms with Gasteiger partial charge in [-0.2, -0.15) is 0 Å². The molecule has 0 saturated carbocycles. The molecule has 2 aromatic rings. The second-order valence-corrected chi connectivity index (χ2v) is 9.38. The van der Waals surface area contributed by atoms with Crippen molar-refractivity contribution in [2.24, 2.45) is 5.92 Å². The molecule has 0 aromatic heterocycles. The third-order valence-corrected chi connectivity index (χ3v) is 7.15. The van der Waals surface area contributed by atoms with E-state index < -0.39 is 17.5 Å². The summed E-state index contributed by atoms with van der Waals surface area (Å²) in [6, 6.07) is 14.0. The van der Waals surface area contributed by atoms with Crippen LogP contribution in [0.3, 0.4) is 0 Å². The molecule has 8 heteroatoms. The fraction of sp³-hybridized carbons (Fsp3) is 0.407. The van der Waals surface area contributed by atoms with E-state index in [-0.39, 0.29) is 24.0 Å². The van der Waals surface area contributed by atoms with E-state index in [1.807, 2.05) is 18.2 Å². The van der Waals surface area contributed by atoms with Gasteiger partial charge in [0.25, 0.3) is 0 Å². The van der Waals surface area contributed by atoms with Gasteiger partial charge in [0.2, 0.25) is 11.8 Å². The molecule has 2 aromatic carbocycles. The van der Waals surface area contributed by atoms with Crippen LogP contribution in [0.15, 0.2) is 48.5 Å². The Morgan fingerprint density at radius 3 is 2.49 bits per heavy atom. The third-order valence-electron chi connectivity index (χ3n) is 7.15. The van der Waals surface area contributed by atoms with Crippen molar-refractivity contribution >= 4 is 29.3 Å². The Labute approximate surface area is 203 Å². The Hall–Kier alpha value is -3.68. The number of carbonyl (C=O) groups excluding carboxylic acids is 4. The molecule has 0 bridgehead atoms. The predicted molar refractivity (Wildman–Crippen MR) is 127 cm³/mol. The highest BCUT2D eigenvalue weighted by atomic mass is 16.5. The lowest BCUT2D eigenvalue weighted by atomic mass is 9.82. The minimum Gasteiger partial charge on any atom is -0.486 e. The molecule has 1 atom stereocenters. The summed E-state index contributed by atoms with van der Waals surface area (Å²) in [4.78, 5) is 53.9. The highest BCUT2D eigenvalue weighted by Crippen LogP contribution is 2.39. The summed E-state index contributed by atoms with van der Waals surface area (Å²) in [5, 5.41) is 0. The Bertz CT molecular complexity index is 1170. The zero-order valence-electron chi connectivity index (χ0n) is 19.7. The van der Waals surface area contributed by atoms with Gasteiger partial charge in [-0.25, -0.2) is 4.79 Å². The molecular weight excluding hydrogens is 448 g/mol. The van der Waals surface area contributed by atoms with Gasteiger partial charge in [-0.05, 0) is 43.3 Å². The summed E-state index contributed by atoms with van der Waals surface area (Å²) >= 11 is 0. The van der Waals surface area contributed by atoms with E-state index in [1.165, 1.54) is 0 Å². The fourth-order valence-electron chi connectivity index (χ4n) is 5.23. The van der Waals surface area contributed by atoms with Crippen LogP contribution < -0.4 is 9.64 Å². The smallest absolute Gasteiger partial charge is 0.338 e. The molecule has 0 N–H and O–H groups in total. The zero-order chi connectivity index (χ0) is 24.6. The maximum absolute atomic E-state index is 13.3. The Morgan fingerprint density at radius 1 is 1.06 bits per heavy atom. The Balaban J connectivity index is 1.20. The van der Waals surface area contributed by atoms with Crippen LogP contribution in [0.5, 0.6) is 5.75 Å². The maximum Gasteiger partial charge on any atom is 0.338 e. The van der Waals surface area contributed by atoms with E-state index in [0.717, 1.165) is 0 Å². The first kappa shape index (κ1) is 23.1. The van der Waals surface area contributed by atoms with Crippen LogP contribution >= 0.6 is 0 Å². The van der Waals surface area contributed by atoms with Crippen LogP contribution in [0.1, 0.15) is 53.3 Å². The lowest BCUT2D eigenvalue weighted by molar-refractivity contribution is -0.139. The number of ketones is 1. The average Bonchev–Trinajstić information content (AvgIpc) is 3.26. The summed E-state index contributed by atoms with van der Waals surface area (Å²) < 4.78 is 11.3. The zero-order valence-corrected chi connectivity index (χ0v) is 19.7. The molecule has 182 valence electrons. The summed E-state index contributed by atoms with van der Waals surface area (Å²) in [6.45, 7) is 3.33. The van der Waals surface area contributed by atoms with Crippen molar-refractivity contribution in [1.82, 2.24) is 4.90 Å². The number of piperidine rings is 1. The first-order chi connectivity index (χ1) is 16.9. The number of benzene rings is 2. The number of hydrogen-bond donors (Lipinski definition) is 0. The molecule has 1 spiro atoms. The topological polar surface area (TPSA) is 93.2 Å². The van der Waals surface area contributed by atoms with Crippen LogP contribution in [0.25, 0.3) is 0 Å². The van der Waals surface area contributed by atoms with Crippen molar-refractivity contribution in [2.45, 2.75) is 38.2 Å². The molecule has 2 amide bonds. The number of anilines is 1. The second kappa shape index (κ2) is 9.17. The standard InChI is InChI=1S/C27H28N2O6/c1-2-34-26(33)18-7-9-20(10-8-18)29-17-19(15-24(29)31)25(32)28-13-11-27(12-14-28)16-22(30)21-5-3-4-6-23(21)35-27/h3-10,19H,2,11-17H2,1H3. The van der Waals surface area contributed by atoms with E-state index >= 15 is 0 Å². The number of Topliss-reactive ketones (excluding diaryl/α,β-unsaturated/α-hetero) is 1. The SMILES string of the molecule is CCOC(=O)c1ccc(N2CC(C(=O)N3CCC4(CC3)CC(=O)c3ccccc3O4)CC2=O)cc1. The van der Waals surface area contributed by atoms with E-state index in [1.54, 1.807) is 47.1 Å². The average molecular weight is 477 g/mol. The van der Waals surface area contributed by atoms with Crippen molar-refractivity contribution in [2.75, 3.05) is 31.1 Å². The van der Waals surface area contributed by atoms with Crippen LogP contribution in [-0.2, 0) is 14.3 Å². The molecule has 3 aliphatic heterocycles. The van der Waals surface area contributed by atoms with Gasteiger partial charge in [0.05, 0.1) is 30.1 Å². The monoisotopic (exact) mass is 476 g/mol. The summed E-state index contributed by atoms with van der Waals surface area (Å²) in [6.07, 6.45) is 1.64. The van der Waals surface area contributed by atoms with E-state index in [4.69, 9.17) is 9.47 Å². The second-order valence-electron chi connectivity index (χ2n) is 9.38. The largest absolute Gasteiger partial charge is 0.486 e. The molecule has 3 heterocycles. The summed E-state index contributed by atoms with van der Waals surface area (Å²) in [5.74, 6) is -0.280. The predicted octanol–water partition coefficient (Wildman–Crippen LogP) is 3.24. The molecule has 3 aliphatic rings. The number of nitrogens with zero attached hydrogens (tertiary/aromatic N) is 2. The number of esters is 1. The van der Waals surface area contributed by atoms with Crippen molar-refractivity contribution in [1.29, 1.82) is 0 Å². The normalized spacial score (nSPS) is 21.0. The lowest BCUT2D eigenvalue weighted by Crippen LogP contribution is -2.53. The molecule has 0 aliphatic carbocycles.